The van der Waals surface area contributed by atoms with E-state index in [1.807, 2.05) is 18.2 Å². The summed E-state index contributed by atoms with van der Waals surface area (Å²) in [4.78, 5) is 0. The van der Waals surface area contributed by atoms with Gasteiger partial charge < -0.3 is 11.1 Å². The quantitative estimate of drug-likeness (QED) is 0.838. The number of nitrogens with two attached hydrogens (primary N) is 1. The normalized spacial score (nSPS) is 24.0. The van der Waals surface area contributed by atoms with E-state index in [4.69, 9.17) is 10.8 Å². The molecule has 2 aliphatic heterocycles. The first-order chi connectivity index (χ1) is 11.3. The smallest absolute Gasteiger partial charge is 0.0856 e. The average Bonchev–Trinajstić information content (AvgIpc) is 2.79. The molecule has 2 aliphatic rings. The van der Waals surface area contributed by atoms with Gasteiger partial charge in [0.25, 0.3) is 0 Å². The number of para-hydroxylation sites is 1. The molecule has 0 saturated carbocycles. The zero-order valence-electron chi connectivity index (χ0n) is 13.2. The highest BCUT2D eigenvalue weighted by molar-refractivity contribution is 5.91. The van der Waals surface area contributed by atoms with Gasteiger partial charge in [-0.05, 0) is 42.8 Å². The maximum absolute atomic E-state index is 5.88. The molecule has 0 radical (unpaired) electrons. The van der Waals surface area contributed by atoms with E-state index in [1.54, 1.807) is 0 Å². The van der Waals surface area contributed by atoms with Gasteiger partial charge in [0, 0.05) is 30.3 Å². The van der Waals surface area contributed by atoms with Crippen molar-refractivity contribution in [1.82, 2.24) is 5.32 Å². The van der Waals surface area contributed by atoms with E-state index in [0.29, 0.717) is 5.92 Å². The van der Waals surface area contributed by atoms with Crippen molar-refractivity contribution in [1.29, 1.82) is 0 Å². The lowest BCUT2D eigenvalue weighted by molar-refractivity contribution is 0.510. The lowest BCUT2D eigenvalue weighted by Gasteiger charge is -2.28. The van der Waals surface area contributed by atoms with Crippen molar-refractivity contribution in [2.75, 3.05) is 23.8 Å². The van der Waals surface area contributed by atoms with Gasteiger partial charge in [0.2, 0.25) is 0 Å². The van der Waals surface area contributed by atoms with E-state index in [9.17, 15) is 0 Å². The second kappa shape index (κ2) is 6.05. The molecule has 0 amide bonds. The first-order valence-corrected chi connectivity index (χ1v) is 8.31. The van der Waals surface area contributed by atoms with Crippen LogP contribution in [0.5, 0.6) is 0 Å². The Hall–Kier alpha value is -2.33. The van der Waals surface area contributed by atoms with Crippen LogP contribution in [-0.4, -0.2) is 18.8 Å². The van der Waals surface area contributed by atoms with Crippen LogP contribution in [-0.2, 0) is 0 Å². The highest BCUT2D eigenvalue weighted by Crippen LogP contribution is 2.41. The van der Waals surface area contributed by atoms with Gasteiger partial charge in [-0.15, -0.1) is 0 Å². The molecule has 0 aliphatic carbocycles. The second-order valence-electron chi connectivity index (χ2n) is 6.28. The molecule has 0 bridgehead atoms. The summed E-state index contributed by atoms with van der Waals surface area (Å²) in [6, 6.07) is 19.0. The summed E-state index contributed by atoms with van der Waals surface area (Å²) < 4.78 is 0. The van der Waals surface area contributed by atoms with E-state index >= 15 is 0 Å². The predicted molar refractivity (Wildman–Crippen MR) is 95.5 cm³/mol. The Bertz CT molecular complexity index is 693. The van der Waals surface area contributed by atoms with Crippen LogP contribution in [0.25, 0.3) is 0 Å². The molecule has 1 fully saturated rings. The molecule has 0 aromatic heterocycles. The largest absolute Gasteiger partial charge is 0.399 e. The topological polar surface area (TPSA) is 53.6 Å². The number of benzene rings is 2. The van der Waals surface area contributed by atoms with Crippen LogP contribution < -0.4 is 16.1 Å². The molecule has 2 unspecified atom stereocenters. The summed E-state index contributed by atoms with van der Waals surface area (Å²) >= 11 is 0. The molecule has 1 saturated heterocycles. The van der Waals surface area contributed by atoms with E-state index in [0.717, 1.165) is 37.3 Å². The Morgan fingerprint density at radius 1 is 1.00 bits per heavy atom. The Labute approximate surface area is 137 Å². The number of hydrogen-bond acceptors (Lipinski definition) is 4. The Kier molecular flexibility index (Phi) is 3.75. The fraction of sp³-hybridized carbons (Fsp3) is 0.316. The average molecular weight is 306 g/mol. The van der Waals surface area contributed by atoms with Crippen molar-refractivity contribution in [3.8, 4) is 0 Å². The third-order valence-corrected chi connectivity index (χ3v) is 4.80. The van der Waals surface area contributed by atoms with Crippen LogP contribution in [0.2, 0.25) is 0 Å². The summed E-state index contributed by atoms with van der Waals surface area (Å²) in [5.41, 5.74) is 10.4. The summed E-state index contributed by atoms with van der Waals surface area (Å²) in [5.74, 6) is 0.467. The molecular formula is C19H22N4. The molecule has 2 atom stereocenters. The predicted octanol–water partition coefficient (Wildman–Crippen LogP) is 3.19. The first kappa shape index (κ1) is 14.3. The van der Waals surface area contributed by atoms with Crippen molar-refractivity contribution >= 4 is 17.1 Å². The molecule has 23 heavy (non-hydrogen) atoms. The molecule has 4 heteroatoms. The van der Waals surface area contributed by atoms with Crippen molar-refractivity contribution < 1.29 is 0 Å². The molecule has 0 spiro atoms. The first-order valence-electron chi connectivity index (χ1n) is 8.31. The van der Waals surface area contributed by atoms with Crippen LogP contribution in [0.15, 0.2) is 59.7 Å². The number of nitrogens with one attached hydrogen (secondary N) is 1. The monoisotopic (exact) mass is 306 g/mol. The van der Waals surface area contributed by atoms with E-state index in [-0.39, 0.29) is 6.04 Å². The van der Waals surface area contributed by atoms with Crippen molar-refractivity contribution in [3.05, 3.63) is 60.2 Å². The number of hydrazone groups is 1. The highest BCUT2D eigenvalue weighted by atomic mass is 15.5. The van der Waals surface area contributed by atoms with Crippen molar-refractivity contribution in [3.63, 3.8) is 0 Å². The number of anilines is 2. The SMILES string of the molecule is Nc1ccc(C2C3CCNCCC3=NN2c2ccccc2)cc1. The summed E-state index contributed by atoms with van der Waals surface area (Å²) in [5, 5.41) is 10.7. The molecule has 2 heterocycles. The molecule has 4 rings (SSSR count). The van der Waals surface area contributed by atoms with Gasteiger partial charge >= 0.3 is 0 Å². The highest BCUT2D eigenvalue weighted by Gasteiger charge is 2.39. The fourth-order valence-corrected chi connectivity index (χ4v) is 3.65. The number of fused-ring (bicyclic) bond motifs is 1. The number of nitrogens with zero attached hydrogens (tertiary/aromatic N) is 2. The van der Waals surface area contributed by atoms with Gasteiger partial charge in [0.05, 0.1) is 11.7 Å². The summed E-state index contributed by atoms with van der Waals surface area (Å²) in [7, 11) is 0. The minimum Gasteiger partial charge on any atom is -0.399 e. The Morgan fingerprint density at radius 3 is 2.57 bits per heavy atom. The lowest BCUT2D eigenvalue weighted by atomic mass is 9.86. The maximum Gasteiger partial charge on any atom is 0.0856 e. The van der Waals surface area contributed by atoms with Gasteiger partial charge in [-0.3, -0.25) is 5.01 Å². The fourth-order valence-electron chi connectivity index (χ4n) is 3.65. The maximum atomic E-state index is 5.88. The van der Waals surface area contributed by atoms with Gasteiger partial charge in [-0.2, -0.15) is 5.10 Å². The zero-order chi connectivity index (χ0) is 15.6. The van der Waals surface area contributed by atoms with Gasteiger partial charge in [-0.1, -0.05) is 30.3 Å². The zero-order valence-corrected chi connectivity index (χ0v) is 13.2. The Morgan fingerprint density at radius 2 is 1.78 bits per heavy atom. The van der Waals surface area contributed by atoms with Crippen LogP contribution >= 0.6 is 0 Å². The van der Waals surface area contributed by atoms with Crippen LogP contribution in [0.4, 0.5) is 11.4 Å². The van der Waals surface area contributed by atoms with E-state index in [1.165, 1.54) is 11.3 Å². The molecular weight excluding hydrogens is 284 g/mol. The Balaban J connectivity index is 1.76. The van der Waals surface area contributed by atoms with Gasteiger partial charge in [-0.25, -0.2) is 0 Å². The molecule has 4 nitrogen and oxygen atoms in total. The summed E-state index contributed by atoms with van der Waals surface area (Å²) in [6.07, 6.45) is 2.15. The van der Waals surface area contributed by atoms with Gasteiger partial charge in [0.15, 0.2) is 0 Å². The lowest BCUT2D eigenvalue weighted by Crippen LogP contribution is -2.26. The molecule has 118 valence electrons. The second-order valence-corrected chi connectivity index (χ2v) is 6.28. The van der Waals surface area contributed by atoms with Crippen molar-refractivity contribution in [2.45, 2.75) is 18.9 Å². The minimum atomic E-state index is 0.257. The molecule has 3 N–H and O–H groups in total. The molecule has 2 aromatic carbocycles. The van der Waals surface area contributed by atoms with E-state index in [2.05, 4.69) is 46.7 Å². The van der Waals surface area contributed by atoms with E-state index < -0.39 is 0 Å². The summed E-state index contributed by atoms with van der Waals surface area (Å²) in [6.45, 7) is 2.07. The third kappa shape index (κ3) is 2.70. The van der Waals surface area contributed by atoms with Crippen LogP contribution in [0, 0.1) is 5.92 Å². The molecule has 2 aromatic rings. The standard InChI is InChI=1S/C19H22N4/c20-15-8-6-14(7-9-15)19-17-10-12-21-13-11-18(17)22-23(19)16-4-2-1-3-5-16/h1-9,17,19,21H,10-13,20H2. The van der Waals surface area contributed by atoms with Crippen molar-refractivity contribution in [2.24, 2.45) is 11.0 Å². The number of hydrogen-bond donors (Lipinski definition) is 2. The minimum absolute atomic E-state index is 0.257. The third-order valence-electron chi connectivity index (χ3n) is 4.80. The van der Waals surface area contributed by atoms with Gasteiger partial charge in [0.1, 0.15) is 0 Å². The number of rotatable bonds is 2. The van der Waals surface area contributed by atoms with Crippen LogP contribution in [0.1, 0.15) is 24.4 Å². The number of nitrogen functional groups attached to an aromatic ring is 1. The van der Waals surface area contributed by atoms with Crippen LogP contribution in [0.3, 0.4) is 0 Å².